The molecule has 4 aromatic rings. The van der Waals surface area contributed by atoms with Gasteiger partial charge in [0.1, 0.15) is 5.69 Å². The van der Waals surface area contributed by atoms with Crippen LogP contribution in [0.1, 0.15) is 25.7 Å². The summed E-state index contributed by atoms with van der Waals surface area (Å²) in [5.41, 5.74) is 0.876. The van der Waals surface area contributed by atoms with Gasteiger partial charge in [0.2, 0.25) is 5.82 Å². The van der Waals surface area contributed by atoms with E-state index in [4.69, 9.17) is 11.6 Å². The van der Waals surface area contributed by atoms with Crippen LogP contribution in [-0.4, -0.2) is 46.8 Å². The Morgan fingerprint density at radius 1 is 1.18 bits per heavy atom. The van der Waals surface area contributed by atoms with Crippen LogP contribution in [0.25, 0.3) is 28.4 Å². The molecule has 3 saturated carbocycles. The number of carbonyl (C=O) groups is 1. The molecule has 0 aromatic carbocycles. The molecule has 11 heteroatoms. The third kappa shape index (κ3) is 3.40. The summed E-state index contributed by atoms with van der Waals surface area (Å²) in [5.74, 6) is -1.65. The van der Waals surface area contributed by atoms with Gasteiger partial charge in [-0.05, 0) is 55.7 Å². The zero-order valence-corrected chi connectivity index (χ0v) is 18.7. The van der Waals surface area contributed by atoms with Crippen molar-refractivity contribution >= 4 is 34.4 Å². The second-order valence-corrected chi connectivity index (χ2v) is 9.39. The lowest BCUT2D eigenvalue weighted by Crippen LogP contribution is -2.51. The van der Waals surface area contributed by atoms with Crippen molar-refractivity contribution in [3.8, 4) is 17.3 Å². The number of H-pyrrole nitrogens is 1. The van der Waals surface area contributed by atoms with E-state index in [0.717, 1.165) is 25.7 Å². The molecule has 9 nitrogen and oxygen atoms in total. The van der Waals surface area contributed by atoms with Gasteiger partial charge in [-0.1, -0.05) is 11.6 Å². The second-order valence-electron chi connectivity index (χ2n) is 8.96. The highest BCUT2D eigenvalue weighted by Gasteiger charge is 2.47. The summed E-state index contributed by atoms with van der Waals surface area (Å²) < 4.78 is 17.3. The van der Waals surface area contributed by atoms with Crippen molar-refractivity contribution < 1.29 is 14.3 Å². The first-order valence-corrected chi connectivity index (χ1v) is 11.6. The number of nitrogens with one attached hydrogen (secondary N) is 2. The van der Waals surface area contributed by atoms with Crippen LogP contribution in [-0.2, 0) is 4.79 Å². The molecule has 4 aromatic heterocycles. The SMILES string of the molecule is O=C(O)C1C2CCC(CC2)C1Nc1nc(-c2[nH]nc3ncc(Cl)cc23)nc(-n2cccc2)c1F. The fourth-order valence-corrected chi connectivity index (χ4v) is 5.66. The minimum Gasteiger partial charge on any atom is -0.481 e. The molecule has 0 radical (unpaired) electrons. The predicted octanol–water partition coefficient (Wildman–Crippen LogP) is 4.30. The van der Waals surface area contributed by atoms with Crippen molar-refractivity contribution in [1.82, 2.24) is 29.7 Å². The lowest BCUT2D eigenvalue weighted by molar-refractivity contribution is -0.148. The molecule has 4 heterocycles. The molecule has 2 bridgehead atoms. The Balaban J connectivity index is 1.49. The average Bonchev–Trinajstić information content (AvgIpc) is 3.51. The van der Waals surface area contributed by atoms with E-state index in [2.05, 4.69) is 30.5 Å². The molecule has 7 rings (SSSR count). The summed E-state index contributed by atoms with van der Waals surface area (Å²) in [5, 5.41) is 21.2. The summed E-state index contributed by atoms with van der Waals surface area (Å²) in [6, 6.07) is 4.82. The number of aromatic nitrogens is 6. The van der Waals surface area contributed by atoms with Crippen LogP contribution in [0.2, 0.25) is 5.02 Å². The number of anilines is 1. The van der Waals surface area contributed by atoms with Crippen LogP contribution >= 0.6 is 11.6 Å². The van der Waals surface area contributed by atoms with E-state index < -0.39 is 23.7 Å². The summed E-state index contributed by atoms with van der Waals surface area (Å²) in [4.78, 5) is 25.3. The van der Waals surface area contributed by atoms with Gasteiger partial charge in [-0.15, -0.1) is 0 Å². The summed E-state index contributed by atoms with van der Waals surface area (Å²) in [6.07, 6.45) is 8.48. The van der Waals surface area contributed by atoms with E-state index in [-0.39, 0.29) is 29.3 Å². The van der Waals surface area contributed by atoms with Crippen LogP contribution in [0.3, 0.4) is 0 Å². The zero-order valence-electron chi connectivity index (χ0n) is 17.9. The van der Waals surface area contributed by atoms with Crippen LogP contribution < -0.4 is 5.32 Å². The number of aliphatic carboxylic acids is 1. The number of nitrogens with zero attached hydrogens (tertiary/aromatic N) is 5. The molecule has 3 aliphatic carbocycles. The Labute approximate surface area is 198 Å². The summed E-state index contributed by atoms with van der Waals surface area (Å²) >= 11 is 6.14. The topological polar surface area (TPSA) is 122 Å². The Bertz CT molecular complexity index is 1380. The van der Waals surface area contributed by atoms with Crippen molar-refractivity contribution in [3.05, 3.63) is 47.6 Å². The highest BCUT2D eigenvalue weighted by molar-refractivity contribution is 6.31. The largest absolute Gasteiger partial charge is 0.481 e. The maximum absolute atomic E-state index is 15.7. The predicted molar refractivity (Wildman–Crippen MR) is 123 cm³/mol. The first-order valence-electron chi connectivity index (χ1n) is 11.2. The molecule has 2 atom stereocenters. The monoisotopic (exact) mass is 481 g/mol. The first-order chi connectivity index (χ1) is 16.5. The highest BCUT2D eigenvalue weighted by atomic mass is 35.5. The number of pyridine rings is 1. The molecule has 0 saturated heterocycles. The quantitative estimate of drug-likeness (QED) is 0.388. The van der Waals surface area contributed by atoms with E-state index in [1.807, 2.05) is 0 Å². The molecule has 34 heavy (non-hydrogen) atoms. The van der Waals surface area contributed by atoms with Gasteiger partial charge < -0.3 is 15.0 Å². The molecular formula is C23H21ClFN7O2. The minimum atomic E-state index is -0.854. The molecule has 0 amide bonds. The Hall–Kier alpha value is -3.53. The van der Waals surface area contributed by atoms with Gasteiger partial charge in [-0.25, -0.2) is 15.0 Å². The number of halogens is 2. The molecule has 0 spiro atoms. The number of fused-ring (bicyclic) bond motifs is 4. The number of aromatic amines is 1. The third-order valence-corrected chi connectivity index (χ3v) is 7.30. The van der Waals surface area contributed by atoms with Crippen LogP contribution in [0.4, 0.5) is 10.2 Å². The van der Waals surface area contributed by atoms with Gasteiger partial charge in [0, 0.05) is 24.6 Å². The van der Waals surface area contributed by atoms with Gasteiger partial charge in [0.15, 0.2) is 23.1 Å². The van der Waals surface area contributed by atoms with Gasteiger partial charge in [0.25, 0.3) is 0 Å². The van der Waals surface area contributed by atoms with E-state index in [1.54, 1.807) is 35.2 Å². The van der Waals surface area contributed by atoms with Crippen molar-refractivity contribution in [2.45, 2.75) is 31.7 Å². The number of rotatable bonds is 5. The van der Waals surface area contributed by atoms with Crippen molar-refractivity contribution in [2.75, 3.05) is 5.32 Å². The maximum Gasteiger partial charge on any atom is 0.308 e. The molecule has 0 aliphatic heterocycles. The molecule has 174 valence electrons. The Kier molecular flexibility index (Phi) is 4.98. The fraction of sp³-hybridized carbons (Fsp3) is 0.348. The molecular weight excluding hydrogens is 461 g/mol. The molecule has 3 N–H and O–H groups in total. The van der Waals surface area contributed by atoms with E-state index >= 15 is 4.39 Å². The Morgan fingerprint density at radius 2 is 1.91 bits per heavy atom. The van der Waals surface area contributed by atoms with Crippen LogP contribution in [0.15, 0.2) is 36.8 Å². The van der Waals surface area contributed by atoms with Crippen molar-refractivity contribution in [3.63, 3.8) is 0 Å². The smallest absolute Gasteiger partial charge is 0.308 e. The first kappa shape index (κ1) is 21.0. The maximum atomic E-state index is 15.7. The second kappa shape index (κ2) is 8.05. The number of carboxylic acid groups (broad SMARTS) is 1. The Morgan fingerprint density at radius 3 is 2.65 bits per heavy atom. The van der Waals surface area contributed by atoms with E-state index in [1.165, 1.54) is 6.20 Å². The molecule has 2 unspecified atom stereocenters. The van der Waals surface area contributed by atoms with Gasteiger partial charge >= 0.3 is 5.97 Å². The van der Waals surface area contributed by atoms with E-state index in [9.17, 15) is 9.90 Å². The van der Waals surface area contributed by atoms with Crippen LogP contribution in [0, 0.1) is 23.6 Å². The van der Waals surface area contributed by atoms with Gasteiger partial charge in [-0.2, -0.15) is 9.49 Å². The van der Waals surface area contributed by atoms with Crippen LogP contribution in [0.5, 0.6) is 0 Å². The van der Waals surface area contributed by atoms with Crippen molar-refractivity contribution in [2.24, 2.45) is 17.8 Å². The fourth-order valence-electron chi connectivity index (χ4n) is 5.50. The minimum absolute atomic E-state index is 0.0322. The molecule has 3 fully saturated rings. The highest BCUT2D eigenvalue weighted by Crippen LogP contribution is 2.46. The van der Waals surface area contributed by atoms with Gasteiger partial charge in [0.05, 0.1) is 16.3 Å². The average molecular weight is 482 g/mol. The van der Waals surface area contributed by atoms with E-state index in [0.29, 0.717) is 21.7 Å². The third-order valence-electron chi connectivity index (χ3n) is 7.09. The normalized spacial score (nSPS) is 23.9. The lowest BCUT2D eigenvalue weighted by atomic mass is 9.61. The number of carboxylic acids is 1. The summed E-state index contributed by atoms with van der Waals surface area (Å²) in [7, 11) is 0. The molecule has 3 aliphatic rings. The lowest BCUT2D eigenvalue weighted by Gasteiger charge is -2.47. The zero-order chi connectivity index (χ0) is 23.4. The summed E-state index contributed by atoms with van der Waals surface area (Å²) in [6.45, 7) is 0. The van der Waals surface area contributed by atoms with Crippen molar-refractivity contribution in [1.29, 1.82) is 0 Å². The standard InChI is InChI=1S/C23H21ClFN7O2/c24-13-9-14-18(30-31-19(14)26-10-13)21-28-20(16(25)22(29-21)32-7-1-2-8-32)27-17-12-5-3-11(4-6-12)15(17)23(33)34/h1-2,7-12,15,17H,3-6H2,(H,33,34)(H,26,30,31)(H,27,28,29). The number of hydrogen-bond donors (Lipinski definition) is 3. The number of hydrogen-bond acceptors (Lipinski definition) is 6. The van der Waals surface area contributed by atoms with Gasteiger partial charge in [-0.3, -0.25) is 9.89 Å².